The fourth-order valence-corrected chi connectivity index (χ4v) is 8.71. The molecule has 3 heterocycles. The highest BCUT2D eigenvalue weighted by molar-refractivity contribution is 6.13. The van der Waals surface area contributed by atoms with Crippen LogP contribution in [0.3, 0.4) is 0 Å². The summed E-state index contributed by atoms with van der Waals surface area (Å²) in [7, 11) is 0. The van der Waals surface area contributed by atoms with E-state index in [0.29, 0.717) is 5.56 Å². The summed E-state index contributed by atoms with van der Waals surface area (Å²) in [6, 6.07) is 67.1. The van der Waals surface area contributed by atoms with Crippen LogP contribution in [-0.4, -0.2) is 13.7 Å². The molecule has 0 fully saturated rings. The number of nitrogens with zero attached hydrogens (tertiary/aromatic N) is 4. The van der Waals surface area contributed by atoms with E-state index in [1.165, 1.54) is 32.6 Å². The molecule has 0 unspecified atom stereocenters. The average molecular weight is 675 g/mol. The second kappa shape index (κ2) is 11.3. The second-order valence-corrected chi connectivity index (χ2v) is 13.6. The van der Waals surface area contributed by atoms with E-state index in [1.807, 2.05) is 12.1 Å². The van der Waals surface area contributed by atoms with Gasteiger partial charge in [0.2, 0.25) is 0 Å². The van der Waals surface area contributed by atoms with E-state index in [-0.39, 0.29) is 0 Å². The van der Waals surface area contributed by atoms with Crippen LogP contribution < -0.4 is 0 Å². The minimum atomic E-state index is 0.619. The van der Waals surface area contributed by atoms with Crippen molar-refractivity contribution in [3.05, 3.63) is 188 Å². The molecule has 0 aliphatic rings. The summed E-state index contributed by atoms with van der Waals surface area (Å²) in [6.45, 7) is 0. The smallest absolute Gasteiger partial charge is 0.101 e. The number of rotatable bonds is 4. The lowest BCUT2D eigenvalue weighted by Gasteiger charge is -2.19. The van der Waals surface area contributed by atoms with Crippen LogP contribution in [0.1, 0.15) is 5.56 Å². The topological polar surface area (TPSA) is 38.6 Å². The van der Waals surface area contributed by atoms with E-state index in [2.05, 4.69) is 190 Å². The van der Waals surface area contributed by atoms with Crippen LogP contribution in [0.15, 0.2) is 182 Å². The van der Waals surface area contributed by atoms with Gasteiger partial charge in [0.05, 0.1) is 50.0 Å². The summed E-state index contributed by atoms with van der Waals surface area (Å²) in [6.07, 6.45) is 0. The van der Waals surface area contributed by atoms with Crippen molar-refractivity contribution in [2.75, 3.05) is 0 Å². The average Bonchev–Trinajstić information content (AvgIpc) is 3.86. The lowest BCUT2D eigenvalue weighted by atomic mass is 9.98. The third-order valence-electron chi connectivity index (χ3n) is 10.9. The summed E-state index contributed by atoms with van der Waals surface area (Å²) in [5.41, 5.74) is 12.5. The van der Waals surface area contributed by atoms with Crippen LogP contribution in [0.5, 0.6) is 0 Å². The Labute approximate surface area is 305 Å². The third-order valence-corrected chi connectivity index (χ3v) is 10.9. The predicted octanol–water partition coefficient (Wildman–Crippen LogP) is 12.5. The highest BCUT2D eigenvalue weighted by Crippen LogP contribution is 2.42. The SMILES string of the molecule is N#Cc1cccc(-c2ccccc2-n2c3ccccc3c3ccccc32)c1-n1c2ccccc2c2cc(-n3c4ccccc4c4ccccc43)ccc21. The van der Waals surface area contributed by atoms with Gasteiger partial charge >= 0.3 is 0 Å². The molecule has 0 aliphatic carbocycles. The van der Waals surface area contributed by atoms with E-state index in [4.69, 9.17) is 0 Å². The van der Waals surface area contributed by atoms with Crippen molar-refractivity contribution in [1.82, 2.24) is 13.7 Å². The molecule has 246 valence electrons. The number of para-hydroxylation sites is 7. The van der Waals surface area contributed by atoms with E-state index >= 15 is 0 Å². The van der Waals surface area contributed by atoms with Crippen LogP contribution in [0.4, 0.5) is 0 Å². The van der Waals surface area contributed by atoms with E-state index in [1.54, 1.807) is 0 Å². The van der Waals surface area contributed by atoms with Gasteiger partial charge in [-0.05, 0) is 60.7 Å². The first-order valence-electron chi connectivity index (χ1n) is 17.9. The van der Waals surface area contributed by atoms with Crippen molar-refractivity contribution in [2.24, 2.45) is 0 Å². The minimum absolute atomic E-state index is 0.619. The molecule has 0 saturated heterocycles. The Kier molecular flexibility index (Phi) is 6.28. The zero-order chi connectivity index (χ0) is 35.0. The maximum absolute atomic E-state index is 10.8. The molecule has 0 radical (unpaired) electrons. The van der Waals surface area contributed by atoms with Crippen LogP contribution in [0, 0.1) is 11.3 Å². The summed E-state index contributed by atoms with van der Waals surface area (Å²) < 4.78 is 7.04. The van der Waals surface area contributed by atoms with E-state index in [9.17, 15) is 5.26 Å². The molecule has 0 bridgehead atoms. The summed E-state index contributed by atoms with van der Waals surface area (Å²) in [5.74, 6) is 0. The molecule has 8 aromatic carbocycles. The molecular weight excluding hydrogens is 645 g/mol. The van der Waals surface area contributed by atoms with Gasteiger partial charge in [-0.15, -0.1) is 0 Å². The van der Waals surface area contributed by atoms with Crippen LogP contribution in [-0.2, 0) is 0 Å². The zero-order valence-corrected chi connectivity index (χ0v) is 28.6. The van der Waals surface area contributed by atoms with Gasteiger partial charge in [0.15, 0.2) is 0 Å². The first kappa shape index (κ1) is 29.4. The van der Waals surface area contributed by atoms with Gasteiger partial charge in [-0.2, -0.15) is 5.26 Å². The van der Waals surface area contributed by atoms with Gasteiger partial charge in [-0.3, -0.25) is 0 Å². The Morgan fingerprint density at radius 1 is 0.340 bits per heavy atom. The molecule has 0 amide bonds. The highest BCUT2D eigenvalue weighted by Gasteiger charge is 2.23. The van der Waals surface area contributed by atoms with Crippen molar-refractivity contribution >= 4 is 65.4 Å². The molecule has 0 N–H and O–H groups in total. The summed E-state index contributed by atoms with van der Waals surface area (Å²) >= 11 is 0. The monoisotopic (exact) mass is 674 g/mol. The Balaban J connectivity index is 1.20. The van der Waals surface area contributed by atoms with Gasteiger partial charge in [0, 0.05) is 49.1 Å². The molecule has 0 spiro atoms. The third kappa shape index (κ3) is 4.16. The molecule has 4 nitrogen and oxygen atoms in total. The maximum Gasteiger partial charge on any atom is 0.101 e. The predicted molar refractivity (Wildman–Crippen MR) is 220 cm³/mol. The lowest BCUT2D eigenvalue weighted by molar-refractivity contribution is 1.15. The first-order chi connectivity index (χ1) is 26.3. The number of fused-ring (bicyclic) bond motifs is 9. The molecule has 0 atom stereocenters. The van der Waals surface area contributed by atoms with Crippen molar-refractivity contribution in [2.45, 2.75) is 0 Å². The van der Waals surface area contributed by atoms with Crippen molar-refractivity contribution in [1.29, 1.82) is 5.26 Å². The molecule has 3 aromatic heterocycles. The number of hydrogen-bond donors (Lipinski definition) is 0. The zero-order valence-electron chi connectivity index (χ0n) is 28.6. The van der Waals surface area contributed by atoms with Gasteiger partial charge < -0.3 is 13.7 Å². The van der Waals surface area contributed by atoms with Crippen molar-refractivity contribution in [3.63, 3.8) is 0 Å². The lowest BCUT2D eigenvalue weighted by Crippen LogP contribution is -2.03. The number of benzene rings is 8. The molecule has 4 heteroatoms. The molecular formula is C49H30N4. The van der Waals surface area contributed by atoms with Gasteiger partial charge in [-0.1, -0.05) is 121 Å². The highest BCUT2D eigenvalue weighted by atomic mass is 15.0. The fourth-order valence-electron chi connectivity index (χ4n) is 8.71. The molecule has 11 rings (SSSR count). The second-order valence-electron chi connectivity index (χ2n) is 13.6. The normalized spacial score (nSPS) is 11.8. The van der Waals surface area contributed by atoms with E-state index < -0.39 is 0 Å². The number of nitriles is 1. The summed E-state index contributed by atoms with van der Waals surface area (Å²) in [4.78, 5) is 0. The maximum atomic E-state index is 10.8. The Morgan fingerprint density at radius 2 is 0.774 bits per heavy atom. The molecule has 0 saturated carbocycles. The Hall–Kier alpha value is -7.35. The Morgan fingerprint density at radius 3 is 1.34 bits per heavy atom. The number of aromatic nitrogens is 3. The first-order valence-corrected chi connectivity index (χ1v) is 17.9. The van der Waals surface area contributed by atoms with Crippen molar-refractivity contribution in [3.8, 4) is 34.3 Å². The Bertz CT molecular complexity index is 3200. The van der Waals surface area contributed by atoms with E-state index in [0.717, 1.165) is 61.0 Å². The van der Waals surface area contributed by atoms with Crippen LogP contribution >= 0.6 is 0 Å². The standard InChI is InChI=1S/C49H30N4/c50-31-32-14-13-21-40(38-19-5-11-26-46(38)52-44-24-9-3-17-36(44)37-18-4-10-25-45(37)52)49(32)53-47-27-12-6-20-39(47)41-30-33(28-29-48(41)53)51-42-22-7-1-15-34(42)35-16-2-8-23-43(35)51/h1-30H. The van der Waals surface area contributed by atoms with Crippen molar-refractivity contribution < 1.29 is 0 Å². The van der Waals surface area contributed by atoms with Gasteiger partial charge in [0.1, 0.15) is 6.07 Å². The van der Waals surface area contributed by atoms with Gasteiger partial charge in [-0.25, -0.2) is 0 Å². The van der Waals surface area contributed by atoms with Gasteiger partial charge in [0.25, 0.3) is 0 Å². The molecule has 11 aromatic rings. The minimum Gasteiger partial charge on any atom is -0.309 e. The van der Waals surface area contributed by atoms with Crippen LogP contribution in [0.25, 0.3) is 93.6 Å². The fraction of sp³-hybridized carbons (Fsp3) is 0. The molecule has 53 heavy (non-hydrogen) atoms. The largest absolute Gasteiger partial charge is 0.309 e. The molecule has 0 aliphatic heterocycles. The summed E-state index contributed by atoms with van der Waals surface area (Å²) in [5, 5.41) is 17.9. The number of hydrogen-bond acceptors (Lipinski definition) is 1. The quantitative estimate of drug-likeness (QED) is 0.183. The van der Waals surface area contributed by atoms with Crippen LogP contribution in [0.2, 0.25) is 0 Å².